The van der Waals surface area contributed by atoms with E-state index in [-0.39, 0.29) is 12.5 Å². The lowest BCUT2D eigenvalue weighted by molar-refractivity contribution is 0.103. The van der Waals surface area contributed by atoms with Crippen molar-refractivity contribution in [2.24, 2.45) is 0 Å². The summed E-state index contributed by atoms with van der Waals surface area (Å²) in [6.07, 6.45) is 0. The fourth-order valence-electron chi connectivity index (χ4n) is 1.79. The van der Waals surface area contributed by atoms with Crippen LogP contribution in [0, 0.1) is 25.7 Å². The largest absolute Gasteiger partial charge is 0.384 e. The van der Waals surface area contributed by atoms with Crippen molar-refractivity contribution in [1.82, 2.24) is 0 Å². The molecule has 1 amide bonds. The molecule has 0 aliphatic rings. The minimum atomic E-state index is -0.203. The van der Waals surface area contributed by atoms with Crippen molar-refractivity contribution in [1.29, 1.82) is 0 Å². The standard InChI is InChI=1S/C16H15NO2S/c1-11-5-6-14(13(10-11)4-3-8-18)17-16(19)15-12(2)7-9-20-15/h5-7,9-10,18H,8H2,1-2H3,(H,17,19). The Balaban J connectivity index is 2.29. The summed E-state index contributed by atoms with van der Waals surface area (Å²) < 4.78 is 0. The second-order valence-corrected chi connectivity index (χ2v) is 5.31. The average Bonchev–Trinajstić information content (AvgIpc) is 2.85. The van der Waals surface area contributed by atoms with Crippen LogP contribution in [0.1, 0.15) is 26.4 Å². The molecule has 0 atom stereocenters. The second kappa shape index (κ2) is 6.38. The number of aliphatic hydroxyl groups is 1. The molecule has 0 radical (unpaired) electrons. The molecule has 0 fully saturated rings. The molecule has 0 spiro atoms. The van der Waals surface area contributed by atoms with Gasteiger partial charge in [0.05, 0.1) is 10.6 Å². The van der Waals surface area contributed by atoms with Crippen molar-refractivity contribution in [3.8, 4) is 11.8 Å². The van der Waals surface area contributed by atoms with E-state index >= 15 is 0 Å². The Bertz CT molecular complexity index is 692. The summed E-state index contributed by atoms with van der Waals surface area (Å²) in [5, 5.41) is 13.6. The summed E-state index contributed by atoms with van der Waals surface area (Å²) in [6.45, 7) is 3.66. The number of rotatable bonds is 2. The molecule has 2 rings (SSSR count). The van der Waals surface area contributed by atoms with Gasteiger partial charge in [0.2, 0.25) is 0 Å². The van der Waals surface area contributed by atoms with Crippen molar-refractivity contribution in [2.45, 2.75) is 13.8 Å². The Morgan fingerprint density at radius 2 is 2.15 bits per heavy atom. The number of carbonyl (C=O) groups is 1. The smallest absolute Gasteiger partial charge is 0.266 e. The van der Waals surface area contributed by atoms with Crippen LogP contribution >= 0.6 is 11.3 Å². The molecule has 0 aliphatic heterocycles. The van der Waals surface area contributed by atoms with Crippen molar-refractivity contribution >= 4 is 22.9 Å². The van der Waals surface area contributed by atoms with Gasteiger partial charge in [-0.15, -0.1) is 11.3 Å². The van der Waals surface area contributed by atoms with Crippen molar-refractivity contribution in [2.75, 3.05) is 11.9 Å². The first-order chi connectivity index (χ1) is 9.61. The zero-order valence-electron chi connectivity index (χ0n) is 11.4. The minimum absolute atomic E-state index is 0.131. The molecule has 2 aromatic rings. The minimum Gasteiger partial charge on any atom is -0.384 e. The summed E-state index contributed by atoms with van der Waals surface area (Å²) in [5.41, 5.74) is 3.39. The number of benzene rings is 1. The molecule has 102 valence electrons. The quantitative estimate of drug-likeness (QED) is 0.833. The molecule has 0 aliphatic carbocycles. The number of anilines is 1. The van der Waals surface area contributed by atoms with E-state index < -0.39 is 0 Å². The maximum absolute atomic E-state index is 12.2. The second-order valence-electron chi connectivity index (χ2n) is 4.40. The van der Waals surface area contributed by atoms with Crippen molar-refractivity contribution < 1.29 is 9.90 Å². The molecule has 20 heavy (non-hydrogen) atoms. The van der Waals surface area contributed by atoms with E-state index in [9.17, 15) is 4.79 Å². The number of hydrogen-bond donors (Lipinski definition) is 2. The number of hydrogen-bond acceptors (Lipinski definition) is 3. The molecule has 3 nitrogen and oxygen atoms in total. The molecule has 0 saturated heterocycles. The van der Waals surface area contributed by atoms with Gasteiger partial charge in [-0.05, 0) is 48.6 Å². The van der Waals surface area contributed by atoms with Gasteiger partial charge in [0.15, 0.2) is 0 Å². The van der Waals surface area contributed by atoms with E-state index in [0.29, 0.717) is 16.1 Å². The zero-order chi connectivity index (χ0) is 14.5. The fourth-order valence-corrected chi connectivity index (χ4v) is 2.61. The zero-order valence-corrected chi connectivity index (χ0v) is 12.2. The summed E-state index contributed by atoms with van der Waals surface area (Å²) in [5.74, 6) is 5.34. The summed E-state index contributed by atoms with van der Waals surface area (Å²) in [4.78, 5) is 12.9. The molecule has 2 N–H and O–H groups in total. The van der Waals surface area contributed by atoms with Crippen LogP contribution in [-0.2, 0) is 0 Å². The third kappa shape index (κ3) is 3.27. The summed E-state index contributed by atoms with van der Waals surface area (Å²) in [6, 6.07) is 7.55. The van der Waals surface area contributed by atoms with Crippen LogP contribution in [-0.4, -0.2) is 17.6 Å². The SMILES string of the molecule is Cc1ccc(NC(=O)c2sccc2C)c(C#CCO)c1. The molecule has 1 aromatic carbocycles. The molecule has 1 heterocycles. The Labute approximate surface area is 122 Å². The van der Waals surface area contributed by atoms with Crippen LogP contribution in [0.2, 0.25) is 0 Å². The number of aliphatic hydroxyl groups excluding tert-OH is 1. The molecule has 4 heteroatoms. The van der Waals surface area contributed by atoms with Crippen LogP contribution in [0.3, 0.4) is 0 Å². The fraction of sp³-hybridized carbons (Fsp3) is 0.188. The van der Waals surface area contributed by atoms with Gasteiger partial charge in [0.25, 0.3) is 5.91 Å². The summed E-state index contributed by atoms with van der Waals surface area (Å²) in [7, 11) is 0. The number of thiophene rings is 1. The first-order valence-electron chi connectivity index (χ1n) is 6.17. The predicted octanol–water partition coefficient (Wildman–Crippen LogP) is 2.96. The highest BCUT2D eigenvalue weighted by Crippen LogP contribution is 2.21. The first kappa shape index (κ1) is 14.3. The van der Waals surface area contributed by atoms with Gasteiger partial charge in [0, 0.05) is 5.56 Å². The Hall–Kier alpha value is -2.09. The predicted molar refractivity (Wildman–Crippen MR) is 82.2 cm³/mol. The van der Waals surface area contributed by atoms with Crippen LogP contribution in [0.25, 0.3) is 0 Å². The van der Waals surface area contributed by atoms with Gasteiger partial charge >= 0.3 is 0 Å². The van der Waals surface area contributed by atoms with Gasteiger partial charge in [0.1, 0.15) is 6.61 Å². The maximum atomic E-state index is 12.2. The van der Waals surface area contributed by atoms with E-state index in [0.717, 1.165) is 11.1 Å². The topological polar surface area (TPSA) is 49.3 Å². The van der Waals surface area contributed by atoms with E-state index in [1.165, 1.54) is 11.3 Å². The van der Waals surface area contributed by atoms with E-state index in [1.807, 2.05) is 43.5 Å². The number of nitrogens with one attached hydrogen (secondary N) is 1. The van der Waals surface area contributed by atoms with Gasteiger partial charge < -0.3 is 10.4 Å². The van der Waals surface area contributed by atoms with E-state index in [4.69, 9.17) is 5.11 Å². The lowest BCUT2D eigenvalue weighted by Crippen LogP contribution is -2.12. The molecular weight excluding hydrogens is 270 g/mol. The van der Waals surface area contributed by atoms with Gasteiger partial charge in [-0.2, -0.15) is 0 Å². The normalized spacial score (nSPS) is 9.75. The average molecular weight is 285 g/mol. The van der Waals surface area contributed by atoms with Gasteiger partial charge in [-0.25, -0.2) is 0 Å². The lowest BCUT2D eigenvalue weighted by atomic mass is 10.1. The van der Waals surface area contributed by atoms with Gasteiger partial charge in [-0.3, -0.25) is 4.79 Å². The van der Waals surface area contributed by atoms with Crippen molar-refractivity contribution in [3.05, 3.63) is 51.2 Å². The van der Waals surface area contributed by atoms with E-state index in [2.05, 4.69) is 17.2 Å². The lowest BCUT2D eigenvalue weighted by Gasteiger charge is -2.08. The first-order valence-corrected chi connectivity index (χ1v) is 7.05. The molecule has 1 aromatic heterocycles. The number of aryl methyl sites for hydroxylation is 2. The van der Waals surface area contributed by atoms with Crippen LogP contribution in [0.4, 0.5) is 5.69 Å². The Morgan fingerprint density at radius 3 is 2.80 bits per heavy atom. The highest BCUT2D eigenvalue weighted by Gasteiger charge is 2.12. The number of amides is 1. The van der Waals surface area contributed by atoms with Crippen LogP contribution < -0.4 is 5.32 Å². The summed E-state index contributed by atoms with van der Waals surface area (Å²) >= 11 is 1.42. The monoisotopic (exact) mass is 285 g/mol. The van der Waals surface area contributed by atoms with Crippen molar-refractivity contribution in [3.63, 3.8) is 0 Å². The highest BCUT2D eigenvalue weighted by atomic mass is 32.1. The maximum Gasteiger partial charge on any atom is 0.266 e. The number of carbonyl (C=O) groups excluding carboxylic acids is 1. The Morgan fingerprint density at radius 1 is 1.35 bits per heavy atom. The Kier molecular flexibility index (Phi) is 4.57. The molecule has 0 saturated carbocycles. The molecule has 0 unspecified atom stereocenters. The molecular formula is C16H15NO2S. The highest BCUT2D eigenvalue weighted by molar-refractivity contribution is 7.12. The van der Waals surface area contributed by atoms with E-state index in [1.54, 1.807) is 0 Å². The van der Waals surface area contributed by atoms with Gasteiger partial charge in [-0.1, -0.05) is 17.9 Å². The third-order valence-electron chi connectivity index (χ3n) is 2.79. The third-order valence-corrected chi connectivity index (χ3v) is 3.81. The van der Waals surface area contributed by atoms with Crippen LogP contribution in [0.5, 0.6) is 0 Å². The molecule has 0 bridgehead atoms. The van der Waals surface area contributed by atoms with Crippen LogP contribution in [0.15, 0.2) is 29.6 Å².